The van der Waals surface area contributed by atoms with E-state index in [4.69, 9.17) is 4.42 Å². The molecule has 0 spiro atoms. The Bertz CT molecular complexity index is 3680. The van der Waals surface area contributed by atoms with Crippen molar-refractivity contribution in [2.75, 3.05) is 14.2 Å². The van der Waals surface area contributed by atoms with Gasteiger partial charge in [0, 0.05) is 75.4 Å². The number of para-hydroxylation sites is 3. The van der Waals surface area contributed by atoms with Crippen LogP contribution >= 0.6 is 0 Å². The van der Waals surface area contributed by atoms with E-state index < -0.39 is 0 Å². The normalized spacial score (nSPS) is 12.1. The van der Waals surface area contributed by atoms with Gasteiger partial charge in [-0.15, -0.1) is 0 Å². The van der Waals surface area contributed by atoms with Gasteiger partial charge in [0.15, 0.2) is 0 Å². The summed E-state index contributed by atoms with van der Waals surface area (Å²) in [6.45, 7) is 0.867. The third-order valence-electron chi connectivity index (χ3n) is 12.5. The van der Waals surface area contributed by atoms with Gasteiger partial charge < -0.3 is 18.3 Å². The number of benzene rings is 9. The van der Waals surface area contributed by atoms with E-state index in [9.17, 15) is 0 Å². The SMILES string of the molecule is COC.c1ccc(-c2cc3c4c(c2)c2cc(-c5cccc(-n6c7ccccc7c7cc(-c8cccc9c8oc8ccccc89)ccc76)c5)ccc2n4Cc2ccccc2-3)cc1. The van der Waals surface area contributed by atoms with Crippen LogP contribution in [0.15, 0.2) is 199 Å². The molecule has 0 saturated heterocycles. The fourth-order valence-electron chi connectivity index (χ4n) is 9.89. The number of rotatable bonds is 4. The van der Waals surface area contributed by atoms with Crippen molar-refractivity contribution in [1.29, 1.82) is 0 Å². The van der Waals surface area contributed by atoms with Gasteiger partial charge in [-0.1, -0.05) is 133 Å². The molecule has 3 aromatic heterocycles. The van der Waals surface area contributed by atoms with Gasteiger partial charge >= 0.3 is 0 Å². The largest absolute Gasteiger partial charge is 0.455 e. The van der Waals surface area contributed by atoms with Crippen molar-refractivity contribution < 1.29 is 9.15 Å². The maximum atomic E-state index is 6.47. The third-order valence-corrected chi connectivity index (χ3v) is 12.5. The van der Waals surface area contributed by atoms with Crippen molar-refractivity contribution in [2.45, 2.75) is 6.54 Å². The molecule has 4 heterocycles. The van der Waals surface area contributed by atoms with E-state index >= 15 is 0 Å². The van der Waals surface area contributed by atoms with Crippen LogP contribution < -0.4 is 0 Å². The Kier molecular flexibility index (Phi) is 8.09. The predicted octanol–water partition coefficient (Wildman–Crippen LogP) is 15.1. The summed E-state index contributed by atoms with van der Waals surface area (Å²) in [5.74, 6) is 0. The van der Waals surface area contributed by atoms with E-state index in [0.29, 0.717) is 0 Å². The van der Waals surface area contributed by atoms with Crippen molar-refractivity contribution >= 4 is 65.6 Å². The molecule has 13 rings (SSSR count). The zero-order chi connectivity index (χ0) is 40.6. The number of fused-ring (bicyclic) bond motifs is 11. The Balaban J connectivity index is 0.00000129. The Morgan fingerprint density at radius 1 is 0.410 bits per heavy atom. The van der Waals surface area contributed by atoms with Gasteiger partial charge in [-0.05, 0) is 99.6 Å². The Morgan fingerprint density at radius 2 is 1.03 bits per heavy atom. The minimum Gasteiger partial charge on any atom is -0.455 e. The molecule has 9 aromatic carbocycles. The first kappa shape index (κ1) is 35.3. The van der Waals surface area contributed by atoms with E-state index in [1.165, 1.54) is 82.6 Å². The lowest BCUT2D eigenvalue weighted by atomic mass is 9.91. The quantitative estimate of drug-likeness (QED) is 0.178. The summed E-state index contributed by atoms with van der Waals surface area (Å²) < 4.78 is 15.7. The van der Waals surface area contributed by atoms with Crippen molar-refractivity contribution in [2.24, 2.45) is 0 Å². The highest BCUT2D eigenvalue weighted by Crippen LogP contribution is 2.45. The lowest BCUT2D eigenvalue weighted by Crippen LogP contribution is -2.07. The van der Waals surface area contributed by atoms with Crippen LogP contribution in [0.2, 0.25) is 0 Å². The van der Waals surface area contributed by atoms with Gasteiger partial charge in [0.25, 0.3) is 0 Å². The van der Waals surface area contributed by atoms with Gasteiger partial charge in [-0.3, -0.25) is 0 Å². The Morgan fingerprint density at radius 3 is 1.93 bits per heavy atom. The lowest BCUT2D eigenvalue weighted by Gasteiger charge is -2.21. The van der Waals surface area contributed by atoms with Crippen molar-refractivity contribution in [1.82, 2.24) is 9.13 Å². The summed E-state index contributed by atoms with van der Waals surface area (Å²) in [5.41, 5.74) is 19.1. The maximum absolute atomic E-state index is 6.47. The highest BCUT2D eigenvalue weighted by molar-refractivity contribution is 6.17. The summed E-state index contributed by atoms with van der Waals surface area (Å²) in [7, 11) is 3.25. The molecule has 290 valence electrons. The average molecular weight is 785 g/mol. The predicted molar refractivity (Wildman–Crippen MR) is 255 cm³/mol. The molecule has 0 amide bonds. The first-order valence-electron chi connectivity index (χ1n) is 20.9. The molecule has 0 saturated carbocycles. The second-order valence-corrected chi connectivity index (χ2v) is 16.1. The Labute approximate surface area is 353 Å². The lowest BCUT2D eigenvalue weighted by molar-refractivity contribution is 0.277. The van der Waals surface area contributed by atoms with Crippen molar-refractivity contribution in [3.05, 3.63) is 200 Å². The standard InChI is InChI=1S/C55H34N2O.C2H6O/c1-2-12-34(13-3-1)39-31-48-41-17-5-4-14-38(41)33-56-50-26-24-36(29-47(50)49(32-39)54(48)56)35-15-10-16-40(28-35)57-51-22-8-6-18-43(51)46-30-37(25-27-52(46)57)42-20-11-21-45-44-19-7-9-23-53(44)58-55(42)45;1-3-2/h1-32H,33H2;1-2H3. The molecule has 0 bridgehead atoms. The van der Waals surface area contributed by atoms with E-state index in [-0.39, 0.29) is 0 Å². The minimum absolute atomic E-state index is 0.867. The Hall–Kier alpha value is -7.66. The summed E-state index contributed by atoms with van der Waals surface area (Å²) in [5, 5.41) is 7.33. The van der Waals surface area contributed by atoms with Gasteiger partial charge in [-0.25, -0.2) is 0 Å². The first-order chi connectivity index (χ1) is 30.2. The van der Waals surface area contributed by atoms with Crippen LogP contribution in [0, 0.1) is 0 Å². The molecule has 0 aliphatic carbocycles. The molecule has 1 aliphatic heterocycles. The second-order valence-electron chi connectivity index (χ2n) is 16.1. The number of nitrogens with zero attached hydrogens (tertiary/aromatic N) is 2. The molecule has 0 radical (unpaired) electrons. The molecule has 4 nitrogen and oxygen atoms in total. The highest BCUT2D eigenvalue weighted by Gasteiger charge is 2.24. The fourth-order valence-corrected chi connectivity index (χ4v) is 9.89. The van der Waals surface area contributed by atoms with Crippen LogP contribution in [0.1, 0.15) is 5.56 Å². The summed E-state index contributed by atoms with van der Waals surface area (Å²) >= 11 is 0. The van der Waals surface area contributed by atoms with Crippen LogP contribution in [0.25, 0.3) is 116 Å². The molecule has 61 heavy (non-hydrogen) atoms. The zero-order valence-electron chi connectivity index (χ0n) is 33.9. The van der Waals surface area contributed by atoms with Crippen LogP contribution in [0.3, 0.4) is 0 Å². The zero-order valence-corrected chi connectivity index (χ0v) is 33.9. The summed E-state index contributed by atoms with van der Waals surface area (Å²) in [6.07, 6.45) is 0. The highest BCUT2D eigenvalue weighted by atomic mass is 16.4. The number of hydrogen-bond donors (Lipinski definition) is 0. The van der Waals surface area contributed by atoms with Gasteiger partial charge in [-0.2, -0.15) is 0 Å². The molecular weight excluding hydrogens is 745 g/mol. The average Bonchev–Trinajstić information content (AvgIpc) is 3.97. The van der Waals surface area contributed by atoms with E-state index in [1.807, 2.05) is 6.07 Å². The number of hydrogen-bond acceptors (Lipinski definition) is 2. The number of ether oxygens (including phenoxy) is 1. The molecule has 4 heteroatoms. The van der Waals surface area contributed by atoms with Gasteiger partial charge in [0.1, 0.15) is 11.2 Å². The summed E-state index contributed by atoms with van der Waals surface area (Å²) in [6, 6.07) is 71.0. The topological polar surface area (TPSA) is 32.2 Å². The van der Waals surface area contributed by atoms with E-state index in [1.54, 1.807) is 14.2 Å². The number of furan rings is 1. The molecule has 0 fully saturated rings. The van der Waals surface area contributed by atoms with Crippen molar-refractivity contribution in [3.8, 4) is 50.2 Å². The minimum atomic E-state index is 0.867. The number of aromatic nitrogens is 2. The maximum Gasteiger partial charge on any atom is 0.143 e. The van der Waals surface area contributed by atoms with Gasteiger partial charge in [0.05, 0.1) is 16.6 Å². The molecule has 0 N–H and O–H groups in total. The first-order valence-corrected chi connectivity index (χ1v) is 20.9. The van der Waals surface area contributed by atoms with E-state index in [0.717, 1.165) is 45.3 Å². The third kappa shape index (κ3) is 5.50. The van der Waals surface area contributed by atoms with E-state index in [2.05, 4.69) is 202 Å². The van der Waals surface area contributed by atoms with Crippen LogP contribution in [0.4, 0.5) is 0 Å². The monoisotopic (exact) mass is 784 g/mol. The fraction of sp³-hybridized carbons (Fsp3) is 0.0526. The molecule has 12 aromatic rings. The van der Waals surface area contributed by atoms with Gasteiger partial charge in [0.2, 0.25) is 0 Å². The smallest absolute Gasteiger partial charge is 0.143 e. The number of methoxy groups -OCH3 is 1. The molecule has 0 atom stereocenters. The molecule has 0 unspecified atom stereocenters. The van der Waals surface area contributed by atoms with Crippen LogP contribution in [-0.4, -0.2) is 23.4 Å². The molecular formula is C57H40N2O2. The molecule has 1 aliphatic rings. The van der Waals surface area contributed by atoms with Crippen molar-refractivity contribution in [3.63, 3.8) is 0 Å². The van der Waals surface area contributed by atoms with Crippen LogP contribution in [0.5, 0.6) is 0 Å². The summed E-state index contributed by atoms with van der Waals surface area (Å²) in [4.78, 5) is 0. The van der Waals surface area contributed by atoms with Crippen LogP contribution in [-0.2, 0) is 11.3 Å². The second kappa shape index (κ2) is 14.0.